The van der Waals surface area contributed by atoms with Gasteiger partial charge < -0.3 is 19.8 Å². The van der Waals surface area contributed by atoms with Crippen LogP contribution in [0.3, 0.4) is 0 Å². The van der Waals surface area contributed by atoms with Gasteiger partial charge >= 0.3 is 0 Å². The van der Waals surface area contributed by atoms with Crippen LogP contribution < -0.4 is 14.8 Å². The Morgan fingerprint density at radius 2 is 2.00 bits per heavy atom. The van der Waals surface area contributed by atoms with E-state index in [0.29, 0.717) is 19.6 Å². The van der Waals surface area contributed by atoms with Gasteiger partial charge in [-0.3, -0.25) is 4.79 Å². The number of benzene rings is 2. The summed E-state index contributed by atoms with van der Waals surface area (Å²) >= 11 is 0. The number of aromatic nitrogens is 2. The predicted octanol–water partition coefficient (Wildman–Crippen LogP) is 3.35. The Labute approximate surface area is 138 Å². The maximum absolute atomic E-state index is 11.6. The molecule has 2 aromatic carbocycles. The third-order valence-corrected chi connectivity index (χ3v) is 3.89. The molecule has 0 fully saturated rings. The molecule has 0 atom stereocenters. The lowest BCUT2D eigenvalue weighted by atomic mass is 10.2. The summed E-state index contributed by atoms with van der Waals surface area (Å²) in [5.74, 6) is 2.17. The van der Waals surface area contributed by atoms with Crippen LogP contribution in [0.2, 0.25) is 0 Å². The molecule has 2 N–H and O–H groups in total. The zero-order chi connectivity index (χ0) is 16.5. The summed E-state index contributed by atoms with van der Waals surface area (Å²) in [4.78, 5) is 19.5. The van der Waals surface area contributed by atoms with Gasteiger partial charge in [-0.1, -0.05) is 19.1 Å². The summed E-state index contributed by atoms with van der Waals surface area (Å²) in [7, 11) is 0. The van der Waals surface area contributed by atoms with E-state index in [2.05, 4.69) is 15.3 Å². The van der Waals surface area contributed by atoms with Crippen LogP contribution in [-0.4, -0.2) is 29.1 Å². The Balaban J connectivity index is 1.71. The number of carbonyl (C=O) groups is 1. The molecule has 0 spiro atoms. The van der Waals surface area contributed by atoms with Crippen molar-refractivity contribution in [1.82, 2.24) is 9.97 Å². The number of ether oxygens (including phenoxy) is 2. The topological polar surface area (TPSA) is 76.2 Å². The number of imidazole rings is 1. The molecule has 122 valence electrons. The standard InChI is InChI=1S/C18H17N3O3/c1-2-17(22)19-12-5-3-4-11(8-12)18-20-13-9-15-16(10-14(13)21-18)24-7-6-23-15/h3-5,8-10H,2,6-7H2,1H3,(H,19,22)(H,20,21). The third-order valence-electron chi connectivity index (χ3n) is 3.89. The fraction of sp³-hybridized carbons (Fsp3) is 0.222. The fourth-order valence-corrected chi connectivity index (χ4v) is 2.68. The van der Waals surface area contributed by atoms with E-state index in [1.54, 1.807) is 0 Å². The van der Waals surface area contributed by atoms with E-state index in [1.165, 1.54) is 0 Å². The van der Waals surface area contributed by atoms with Gasteiger partial charge in [-0.05, 0) is 12.1 Å². The lowest BCUT2D eigenvalue weighted by Gasteiger charge is -2.17. The minimum atomic E-state index is -0.0151. The van der Waals surface area contributed by atoms with E-state index in [9.17, 15) is 4.79 Å². The quantitative estimate of drug-likeness (QED) is 0.775. The normalized spacial score (nSPS) is 13.0. The van der Waals surface area contributed by atoms with Crippen molar-refractivity contribution in [2.75, 3.05) is 18.5 Å². The summed E-state index contributed by atoms with van der Waals surface area (Å²) in [6.45, 7) is 2.93. The first-order valence-electron chi connectivity index (χ1n) is 7.92. The molecule has 1 aliphatic rings. The van der Waals surface area contributed by atoms with E-state index in [-0.39, 0.29) is 5.91 Å². The summed E-state index contributed by atoms with van der Waals surface area (Å²) < 4.78 is 11.2. The molecule has 4 rings (SSSR count). The van der Waals surface area contributed by atoms with E-state index >= 15 is 0 Å². The van der Waals surface area contributed by atoms with Gasteiger partial charge in [0, 0.05) is 29.8 Å². The molecule has 1 aromatic heterocycles. The number of carbonyl (C=O) groups excluding carboxylic acids is 1. The van der Waals surface area contributed by atoms with Gasteiger partial charge in [0.25, 0.3) is 0 Å². The van der Waals surface area contributed by atoms with Crippen molar-refractivity contribution in [2.24, 2.45) is 0 Å². The Hall–Kier alpha value is -3.02. The predicted molar refractivity (Wildman–Crippen MR) is 91.4 cm³/mol. The van der Waals surface area contributed by atoms with Crippen molar-refractivity contribution in [3.63, 3.8) is 0 Å². The summed E-state index contributed by atoms with van der Waals surface area (Å²) in [5.41, 5.74) is 3.36. The molecule has 0 saturated carbocycles. The number of rotatable bonds is 3. The molecule has 2 heterocycles. The van der Waals surface area contributed by atoms with Crippen molar-refractivity contribution in [1.29, 1.82) is 0 Å². The minimum Gasteiger partial charge on any atom is -0.486 e. The lowest BCUT2D eigenvalue weighted by Crippen LogP contribution is -2.15. The number of hydrogen-bond acceptors (Lipinski definition) is 4. The van der Waals surface area contributed by atoms with Crippen LogP contribution in [0.25, 0.3) is 22.4 Å². The van der Waals surface area contributed by atoms with E-state index in [0.717, 1.165) is 39.6 Å². The van der Waals surface area contributed by atoms with E-state index in [4.69, 9.17) is 9.47 Å². The first-order chi connectivity index (χ1) is 11.7. The number of nitrogens with one attached hydrogen (secondary N) is 2. The average molecular weight is 323 g/mol. The van der Waals surface area contributed by atoms with E-state index in [1.807, 2.05) is 43.3 Å². The number of nitrogens with zero attached hydrogens (tertiary/aromatic N) is 1. The number of aromatic amines is 1. The zero-order valence-corrected chi connectivity index (χ0v) is 13.3. The Kier molecular flexibility index (Phi) is 3.57. The SMILES string of the molecule is CCC(=O)Nc1cccc(-c2nc3cc4c(cc3[nH]2)OCCO4)c1. The van der Waals surface area contributed by atoms with Gasteiger partial charge in [0.2, 0.25) is 5.91 Å². The van der Waals surface area contributed by atoms with Crippen molar-refractivity contribution in [3.05, 3.63) is 36.4 Å². The van der Waals surface area contributed by atoms with E-state index < -0.39 is 0 Å². The van der Waals surface area contributed by atoms with Gasteiger partial charge in [-0.2, -0.15) is 0 Å². The van der Waals surface area contributed by atoms with Gasteiger partial charge in [0.1, 0.15) is 19.0 Å². The maximum Gasteiger partial charge on any atom is 0.224 e. The fourth-order valence-electron chi connectivity index (χ4n) is 2.68. The third kappa shape index (κ3) is 2.67. The monoisotopic (exact) mass is 323 g/mol. The lowest BCUT2D eigenvalue weighted by molar-refractivity contribution is -0.115. The molecule has 24 heavy (non-hydrogen) atoms. The number of anilines is 1. The zero-order valence-electron chi connectivity index (χ0n) is 13.3. The van der Waals surface area contributed by atoms with Gasteiger partial charge in [-0.15, -0.1) is 0 Å². The largest absolute Gasteiger partial charge is 0.486 e. The first-order valence-corrected chi connectivity index (χ1v) is 7.92. The molecule has 0 aliphatic carbocycles. The van der Waals surface area contributed by atoms with Crippen LogP contribution in [-0.2, 0) is 4.79 Å². The molecule has 0 saturated heterocycles. The van der Waals surface area contributed by atoms with Crippen molar-refractivity contribution < 1.29 is 14.3 Å². The van der Waals surface area contributed by atoms with Crippen LogP contribution in [0.5, 0.6) is 11.5 Å². The molecule has 0 bridgehead atoms. The summed E-state index contributed by atoms with van der Waals surface area (Å²) in [6.07, 6.45) is 0.445. The molecule has 1 aliphatic heterocycles. The highest BCUT2D eigenvalue weighted by atomic mass is 16.6. The van der Waals surface area contributed by atoms with Gasteiger partial charge in [0.05, 0.1) is 11.0 Å². The van der Waals surface area contributed by atoms with Crippen LogP contribution in [0.4, 0.5) is 5.69 Å². The highest BCUT2D eigenvalue weighted by Crippen LogP contribution is 2.34. The summed E-state index contributed by atoms with van der Waals surface area (Å²) in [6, 6.07) is 11.4. The molecule has 1 amide bonds. The highest BCUT2D eigenvalue weighted by Gasteiger charge is 2.15. The molecule has 3 aromatic rings. The number of hydrogen-bond donors (Lipinski definition) is 2. The number of fused-ring (bicyclic) bond motifs is 2. The first kappa shape index (κ1) is 14.6. The second-order valence-corrected chi connectivity index (χ2v) is 5.58. The molecule has 0 unspecified atom stereocenters. The van der Waals surface area contributed by atoms with Crippen LogP contribution in [0.15, 0.2) is 36.4 Å². The van der Waals surface area contributed by atoms with Crippen molar-refractivity contribution in [3.8, 4) is 22.9 Å². The second-order valence-electron chi connectivity index (χ2n) is 5.58. The summed E-state index contributed by atoms with van der Waals surface area (Å²) in [5, 5.41) is 2.86. The van der Waals surface area contributed by atoms with Crippen molar-refractivity contribution in [2.45, 2.75) is 13.3 Å². The van der Waals surface area contributed by atoms with Crippen LogP contribution in [0.1, 0.15) is 13.3 Å². The van der Waals surface area contributed by atoms with Gasteiger partial charge in [0.15, 0.2) is 11.5 Å². The highest BCUT2D eigenvalue weighted by molar-refractivity contribution is 5.91. The molecular weight excluding hydrogens is 306 g/mol. The molecular formula is C18H17N3O3. The number of amides is 1. The Morgan fingerprint density at radius 1 is 1.21 bits per heavy atom. The Bertz CT molecular complexity index is 874. The van der Waals surface area contributed by atoms with Crippen LogP contribution in [0, 0.1) is 0 Å². The molecule has 6 heteroatoms. The van der Waals surface area contributed by atoms with Crippen LogP contribution >= 0.6 is 0 Å². The van der Waals surface area contributed by atoms with Crippen molar-refractivity contribution >= 4 is 22.6 Å². The van der Waals surface area contributed by atoms with Gasteiger partial charge in [-0.25, -0.2) is 4.98 Å². The Morgan fingerprint density at radius 3 is 2.79 bits per heavy atom. The smallest absolute Gasteiger partial charge is 0.224 e. The number of H-pyrrole nitrogens is 1. The average Bonchev–Trinajstić information content (AvgIpc) is 3.02. The maximum atomic E-state index is 11.6. The minimum absolute atomic E-state index is 0.0151. The molecule has 0 radical (unpaired) electrons. The second kappa shape index (κ2) is 5.88. The molecule has 6 nitrogen and oxygen atoms in total.